The molecule has 0 aliphatic heterocycles. The van der Waals surface area contributed by atoms with E-state index in [9.17, 15) is 10.1 Å². The Kier molecular flexibility index (Phi) is 9.69. The zero-order chi connectivity index (χ0) is 19.3. The lowest BCUT2D eigenvalue weighted by Crippen LogP contribution is -2.28. The molecule has 1 aliphatic rings. The van der Waals surface area contributed by atoms with Crippen molar-refractivity contribution in [2.45, 2.75) is 83.6 Å². The maximum absolute atomic E-state index is 12.6. The van der Waals surface area contributed by atoms with Crippen molar-refractivity contribution >= 4 is 5.91 Å². The fourth-order valence-electron chi connectivity index (χ4n) is 3.86. The molecule has 3 heteroatoms. The highest BCUT2D eigenvalue weighted by Gasteiger charge is 2.16. The van der Waals surface area contributed by atoms with Crippen molar-refractivity contribution in [3.05, 3.63) is 47.5 Å². The summed E-state index contributed by atoms with van der Waals surface area (Å²) in [5, 5.41) is 12.5. The molecule has 1 saturated carbocycles. The second-order valence-electron chi connectivity index (χ2n) is 7.82. The van der Waals surface area contributed by atoms with Crippen LogP contribution in [0.2, 0.25) is 0 Å². The third-order valence-electron chi connectivity index (χ3n) is 5.56. The molecule has 0 spiro atoms. The van der Waals surface area contributed by atoms with E-state index in [2.05, 4.69) is 11.4 Å². The molecule has 0 bridgehead atoms. The van der Waals surface area contributed by atoms with Crippen molar-refractivity contribution in [3.8, 4) is 6.07 Å². The standard InChI is InChI=1S/C24H34N2O/c1-20(22-16-12-9-13-17-22)26-24(27)23(19-25)18-21-14-10-7-5-3-2-4-6-8-11-15-21/h9,12-13,16-18,20-21H,2-8,10-11,14-15H2,1H3,(H,26,27)/t20-/m0/s1. The average molecular weight is 367 g/mol. The number of nitriles is 1. The molecule has 1 amide bonds. The highest BCUT2D eigenvalue weighted by Crippen LogP contribution is 2.23. The highest BCUT2D eigenvalue weighted by molar-refractivity contribution is 5.97. The van der Waals surface area contributed by atoms with Crippen LogP contribution in [-0.4, -0.2) is 5.91 Å². The molecule has 0 unspecified atom stereocenters. The lowest BCUT2D eigenvalue weighted by atomic mass is 9.91. The van der Waals surface area contributed by atoms with Crippen molar-refractivity contribution in [1.82, 2.24) is 5.32 Å². The van der Waals surface area contributed by atoms with Crippen molar-refractivity contribution in [3.63, 3.8) is 0 Å². The minimum absolute atomic E-state index is 0.105. The van der Waals surface area contributed by atoms with Gasteiger partial charge in [0, 0.05) is 0 Å². The van der Waals surface area contributed by atoms with Crippen LogP contribution >= 0.6 is 0 Å². The average Bonchev–Trinajstić information content (AvgIpc) is 2.68. The van der Waals surface area contributed by atoms with Gasteiger partial charge in [-0.3, -0.25) is 4.79 Å². The summed E-state index contributed by atoms with van der Waals surface area (Å²) in [6, 6.07) is 11.9. The van der Waals surface area contributed by atoms with Gasteiger partial charge in [-0.15, -0.1) is 0 Å². The van der Waals surface area contributed by atoms with Gasteiger partial charge in [-0.25, -0.2) is 0 Å². The van der Waals surface area contributed by atoms with Crippen LogP contribution in [0.25, 0.3) is 0 Å². The maximum Gasteiger partial charge on any atom is 0.262 e. The minimum Gasteiger partial charge on any atom is -0.345 e. The molecule has 1 atom stereocenters. The van der Waals surface area contributed by atoms with Crippen LogP contribution in [-0.2, 0) is 4.79 Å². The number of carbonyl (C=O) groups is 1. The molecule has 27 heavy (non-hydrogen) atoms. The van der Waals surface area contributed by atoms with Crippen molar-refractivity contribution < 1.29 is 4.79 Å². The quantitative estimate of drug-likeness (QED) is 0.507. The van der Waals surface area contributed by atoms with Crippen LogP contribution in [0.4, 0.5) is 0 Å². The number of amides is 1. The number of rotatable bonds is 4. The van der Waals surface area contributed by atoms with Crippen LogP contribution in [0.3, 0.4) is 0 Å². The number of allylic oxidation sites excluding steroid dienone is 1. The molecule has 0 aromatic heterocycles. The van der Waals surface area contributed by atoms with E-state index >= 15 is 0 Å². The van der Waals surface area contributed by atoms with E-state index in [1.165, 1.54) is 57.8 Å². The molecule has 1 aromatic rings. The summed E-state index contributed by atoms with van der Waals surface area (Å²) in [5.41, 5.74) is 1.32. The molecule has 1 N–H and O–H groups in total. The second kappa shape index (κ2) is 12.3. The first-order valence-corrected chi connectivity index (χ1v) is 10.7. The molecule has 3 nitrogen and oxygen atoms in total. The van der Waals surface area contributed by atoms with Gasteiger partial charge in [-0.2, -0.15) is 5.26 Å². The predicted octanol–water partition coefficient (Wildman–Crippen LogP) is 6.23. The monoisotopic (exact) mass is 366 g/mol. The molecule has 0 radical (unpaired) electrons. The second-order valence-corrected chi connectivity index (χ2v) is 7.82. The first-order valence-electron chi connectivity index (χ1n) is 10.7. The first-order chi connectivity index (χ1) is 13.2. The number of nitrogens with one attached hydrogen (secondary N) is 1. The van der Waals surface area contributed by atoms with Crippen molar-refractivity contribution in [1.29, 1.82) is 5.26 Å². The van der Waals surface area contributed by atoms with Crippen LogP contribution in [0, 0.1) is 17.2 Å². The molecule has 146 valence electrons. The number of hydrogen-bond acceptors (Lipinski definition) is 2. The number of hydrogen-bond donors (Lipinski definition) is 1. The molecular formula is C24H34N2O. The SMILES string of the molecule is C[C@H](NC(=O)C(C#N)=CC1CCCCCCCCCCC1)c1ccccc1. The Labute approximate surface area is 164 Å². The van der Waals surface area contributed by atoms with Gasteiger partial charge in [0.05, 0.1) is 6.04 Å². The number of benzene rings is 1. The van der Waals surface area contributed by atoms with Crippen LogP contribution in [0.1, 0.15) is 89.2 Å². The molecule has 1 aliphatic carbocycles. The molecule has 0 heterocycles. The number of nitrogens with zero attached hydrogens (tertiary/aromatic N) is 1. The summed E-state index contributed by atoms with van der Waals surface area (Å²) in [6.45, 7) is 1.96. The molecule has 0 saturated heterocycles. The Morgan fingerprint density at radius 2 is 1.52 bits per heavy atom. The van der Waals surface area contributed by atoms with E-state index in [-0.39, 0.29) is 17.5 Å². The Bertz CT molecular complexity index is 618. The smallest absolute Gasteiger partial charge is 0.262 e. The Balaban J connectivity index is 1.97. The first kappa shape index (κ1) is 21.2. The molecule has 1 fully saturated rings. The lowest BCUT2D eigenvalue weighted by molar-refractivity contribution is -0.117. The summed E-state index contributed by atoms with van der Waals surface area (Å²) < 4.78 is 0. The molecule has 2 rings (SSSR count). The van der Waals surface area contributed by atoms with Crippen LogP contribution in [0.15, 0.2) is 42.0 Å². The Morgan fingerprint density at radius 1 is 1.00 bits per heavy atom. The summed E-state index contributed by atoms with van der Waals surface area (Å²) in [4.78, 5) is 12.6. The van der Waals surface area contributed by atoms with E-state index in [1.807, 2.05) is 43.3 Å². The van der Waals surface area contributed by atoms with E-state index in [0.717, 1.165) is 18.4 Å². The van der Waals surface area contributed by atoms with E-state index in [1.54, 1.807) is 0 Å². The van der Waals surface area contributed by atoms with Gasteiger partial charge in [0.25, 0.3) is 5.91 Å². The molecular weight excluding hydrogens is 332 g/mol. The fraction of sp³-hybridized carbons (Fsp3) is 0.583. The minimum atomic E-state index is -0.250. The van der Waals surface area contributed by atoms with Crippen LogP contribution < -0.4 is 5.32 Å². The zero-order valence-corrected chi connectivity index (χ0v) is 16.8. The third-order valence-corrected chi connectivity index (χ3v) is 5.56. The number of carbonyl (C=O) groups excluding carboxylic acids is 1. The third kappa shape index (κ3) is 7.99. The van der Waals surface area contributed by atoms with Crippen LogP contribution in [0.5, 0.6) is 0 Å². The van der Waals surface area contributed by atoms with Gasteiger partial charge >= 0.3 is 0 Å². The zero-order valence-electron chi connectivity index (χ0n) is 16.8. The van der Waals surface area contributed by atoms with Gasteiger partial charge in [0.2, 0.25) is 0 Å². The highest BCUT2D eigenvalue weighted by atomic mass is 16.1. The normalized spacial score (nSPS) is 19.2. The molecule has 1 aromatic carbocycles. The summed E-state index contributed by atoms with van der Waals surface area (Å²) in [6.07, 6.45) is 15.8. The predicted molar refractivity (Wildman–Crippen MR) is 111 cm³/mol. The van der Waals surface area contributed by atoms with Gasteiger partial charge in [-0.05, 0) is 31.2 Å². The van der Waals surface area contributed by atoms with E-state index in [4.69, 9.17) is 0 Å². The lowest BCUT2D eigenvalue weighted by Gasteiger charge is -2.16. The maximum atomic E-state index is 12.6. The van der Waals surface area contributed by atoms with Gasteiger partial charge in [-0.1, -0.05) is 94.2 Å². The Morgan fingerprint density at radius 3 is 2.04 bits per heavy atom. The summed E-state index contributed by atoms with van der Waals surface area (Å²) >= 11 is 0. The van der Waals surface area contributed by atoms with E-state index in [0.29, 0.717) is 5.92 Å². The summed E-state index contributed by atoms with van der Waals surface area (Å²) in [7, 11) is 0. The topological polar surface area (TPSA) is 52.9 Å². The van der Waals surface area contributed by atoms with Crippen molar-refractivity contribution in [2.24, 2.45) is 5.92 Å². The van der Waals surface area contributed by atoms with Gasteiger partial charge in [0.1, 0.15) is 11.6 Å². The fourth-order valence-corrected chi connectivity index (χ4v) is 3.86. The van der Waals surface area contributed by atoms with Gasteiger partial charge < -0.3 is 5.32 Å². The van der Waals surface area contributed by atoms with Crippen molar-refractivity contribution in [2.75, 3.05) is 0 Å². The van der Waals surface area contributed by atoms with Gasteiger partial charge in [0.15, 0.2) is 0 Å². The van der Waals surface area contributed by atoms with E-state index < -0.39 is 0 Å². The summed E-state index contributed by atoms with van der Waals surface area (Å²) in [5.74, 6) is 0.0943. The largest absolute Gasteiger partial charge is 0.345 e. The Hall–Kier alpha value is -2.08.